The maximum Gasteiger partial charge on any atom is 0.163 e. The van der Waals surface area contributed by atoms with E-state index in [9.17, 15) is 9.18 Å². The van der Waals surface area contributed by atoms with Crippen LogP contribution in [0, 0.1) is 12.7 Å². The minimum atomic E-state index is -0.338. The van der Waals surface area contributed by atoms with Crippen LogP contribution in [-0.4, -0.2) is 5.78 Å². The number of ketones is 1. The van der Waals surface area contributed by atoms with Gasteiger partial charge in [0.1, 0.15) is 5.82 Å². The monoisotopic (exact) mass is 257 g/mol. The van der Waals surface area contributed by atoms with Crippen LogP contribution in [0.4, 0.5) is 10.1 Å². The van der Waals surface area contributed by atoms with E-state index in [1.54, 1.807) is 25.1 Å². The van der Waals surface area contributed by atoms with E-state index in [0.717, 1.165) is 5.56 Å². The highest BCUT2D eigenvalue weighted by Crippen LogP contribution is 2.14. The summed E-state index contributed by atoms with van der Waals surface area (Å²) in [6, 6.07) is 12.0. The van der Waals surface area contributed by atoms with Crippen LogP contribution in [0.1, 0.15) is 27.9 Å². The molecular formula is C16H16FNO. The fourth-order valence-corrected chi connectivity index (χ4v) is 1.92. The molecule has 0 radical (unpaired) electrons. The Morgan fingerprint density at radius 1 is 1.21 bits per heavy atom. The van der Waals surface area contributed by atoms with Crippen LogP contribution >= 0.6 is 0 Å². The number of nitrogen functional groups attached to an aromatic ring is 1. The van der Waals surface area contributed by atoms with E-state index >= 15 is 0 Å². The number of hydrogen-bond acceptors (Lipinski definition) is 2. The van der Waals surface area contributed by atoms with E-state index in [-0.39, 0.29) is 11.6 Å². The zero-order chi connectivity index (χ0) is 13.8. The molecule has 0 aliphatic rings. The Kier molecular flexibility index (Phi) is 3.95. The number of Topliss-reactive ketones (excluding diaryl/α,β-unsaturated/α-hetero) is 1. The Morgan fingerprint density at radius 2 is 2.00 bits per heavy atom. The van der Waals surface area contributed by atoms with Gasteiger partial charge in [-0.25, -0.2) is 4.39 Å². The van der Waals surface area contributed by atoms with Crippen LogP contribution in [0.15, 0.2) is 42.5 Å². The molecule has 0 amide bonds. The standard InChI is InChI=1S/C16H16FNO/c1-11-5-7-13(10-15(11)17)16(19)8-6-12-3-2-4-14(18)9-12/h2-5,7,9-10H,6,8,18H2,1H3. The fraction of sp³-hybridized carbons (Fsp3) is 0.188. The molecule has 0 heterocycles. The summed E-state index contributed by atoms with van der Waals surface area (Å²) in [5.74, 6) is -0.392. The number of nitrogens with two attached hydrogens (primary N) is 1. The lowest BCUT2D eigenvalue weighted by molar-refractivity contribution is 0.0982. The van der Waals surface area contributed by atoms with Crippen molar-refractivity contribution >= 4 is 11.5 Å². The molecule has 0 saturated heterocycles. The van der Waals surface area contributed by atoms with Crippen molar-refractivity contribution in [2.24, 2.45) is 0 Å². The second-order valence-corrected chi connectivity index (χ2v) is 4.63. The molecule has 0 bridgehead atoms. The largest absolute Gasteiger partial charge is 0.399 e. The lowest BCUT2D eigenvalue weighted by Gasteiger charge is -2.04. The number of aryl methyl sites for hydroxylation is 2. The molecule has 98 valence electrons. The van der Waals surface area contributed by atoms with Crippen molar-refractivity contribution in [3.63, 3.8) is 0 Å². The van der Waals surface area contributed by atoms with Crippen LogP contribution < -0.4 is 5.73 Å². The zero-order valence-corrected chi connectivity index (χ0v) is 10.8. The summed E-state index contributed by atoms with van der Waals surface area (Å²) in [4.78, 5) is 12.0. The van der Waals surface area contributed by atoms with E-state index < -0.39 is 0 Å². The SMILES string of the molecule is Cc1ccc(C(=O)CCc2cccc(N)c2)cc1F. The molecule has 0 atom stereocenters. The van der Waals surface area contributed by atoms with Gasteiger partial charge in [0.05, 0.1) is 0 Å². The molecule has 2 N–H and O–H groups in total. The third-order valence-corrected chi connectivity index (χ3v) is 3.09. The van der Waals surface area contributed by atoms with E-state index in [0.29, 0.717) is 29.7 Å². The molecule has 2 aromatic carbocycles. The quantitative estimate of drug-likeness (QED) is 0.672. The number of carbonyl (C=O) groups excluding carboxylic acids is 1. The molecule has 2 aromatic rings. The zero-order valence-electron chi connectivity index (χ0n) is 10.8. The highest BCUT2D eigenvalue weighted by molar-refractivity contribution is 5.96. The summed E-state index contributed by atoms with van der Waals surface area (Å²) < 4.78 is 13.4. The Balaban J connectivity index is 2.03. The van der Waals surface area contributed by atoms with E-state index in [2.05, 4.69) is 0 Å². The van der Waals surface area contributed by atoms with Gasteiger partial charge in [0, 0.05) is 17.7 Å². The highest BCUT2D eigenvalue weighted by atomic mass is 19.1. The lowest BCUT2D eigenvalue weighted by atomic mass is 10.0. The third kappa shape index (κ3) is 3.41. The summed E-state index contributed by atoms with van der Waals surface area (Å²) in [7, 11) is 0. The van der Waals surface area contributed by atoms with Gasteiger partial charge in [0.25, 0.3) is 0 Å². The molecule has 0 aromatic heterocycles. The number of rotatable bonds is 4. The second kappa shape index (κ2) is 5.65. The maximum atomic E-state index is 13.4. The van der Waals surface area contributed by atoms with Gasteiger partial charge >= 0.3 is 0 Å². The van der Waals surface area contributed by atoms with Crippen molar-refractivity contribution in [1.82, 2.24) is 0 Å². The van der Waals surface area contributed by atoms with Crippen LogP contribution in [0.2, 0.25) is 0 Å². The highest BCUT2D eigenvalue weighted by Gasteiger charge is 2.08. The first kappa shape index (κ1) is 13.3. The predicted octanol–water partition coefficient (Wildman–Crippen LogP) is 3.53. The first-order chi connectivity index (χ1) is 9.06. The minimum absolute atomic E-state index is 0.0543. The Bertz CT molecular complexity index is 607. The van der Waals surface area contributed by atoms with Gasteiger partial charge in [-0.2, -0.15) is 0 Å². The average molecular weight is 257 g/mol. The second-order valence-electron chi connectivity index (χ2n) is 4.63. The third-order valence-electron chi connectivity index (χ3n) is 3.09. The number of hydrogen-bond donors (Lipinski definition) is 1. The van der Waals surface area contributed by atoms with Gasteiger partial charge in [0.2, 0.25) is 0 Å². The maximum absolute atomic E-state index is 13.4. The van der Waals surface area contributed by atoms with Gasteiger partial charge in [0.15, 0.2) is 5.78 Å². The average Bonchev–Trinajstić information content (AvgIpc) is 2.39. The van der Waals surface area contributed by atoms with E-state index in [1.807, 2.05) is 18.2 Å². The van der Waals surface area contributed by atoms with Gasteiger partial charge < -0.3 is 5.73 Å². The van der Waals surface area contributed by atoms with Gasteiger partial charge in [-0.15, -0.1) is 0 Å². The lowest BCUT2D eigenvalue weighted by Crippen LogP contribution is -2.02. The van der Waals surface area contributed by atoms with Crippen molar-refractivity contribution in [3.8, 4) is 0 Å². The van der Waals surface area contributed by atoms with Crippen LogP contribution in [0.25, 0.3) is 0 Å². The summed E-state index contributed by atoms with van der Waals surface area (Å²) in [6.45, 7) is 1.68. The Labute approximate surface area is 112 Å². The van der Waals surface area contributed by atoms with E-state index in [4.69, 9.17) is 5.73 Å². The number of benzene rings is 2. The van der Waals surface area contributed by atoms with Crippen LogP contribution in [0.5, 0.6) is 0 Å². The molecule has 2 rings (SSSR count). The molecule has 0 fully saturated rings. The number of anilines is 1. The summed E-state index contributed by atoms with van der Waals surface area (Å²) in [5.41, 5.74) is 8.35. The van der Waals surface area contributed by atoms with Gasteiger partial charge in [-0.05, 0) is 42.7 Å². The number of halogens is 1. The predicted molar refractivity (Wildman–Crippen MR) is 74.6 cm³/mol. The van der Waals surface area contributed by atoms with Crippen LogP contribution in [-0.2, 0) is 6.42 Å². The minimum Gasteiger partial charge on any atom is -0.399 e. The van der Waals surface area contributed by atoms with Crippen LogP contribution in [0.3, 0.4) is 0 Å². The molecule has 2 nitrogen and oxygen atoms in total. The van der Waals surface area contributed by atoms with E-state index in [1.165, 1.54) is 6.07 Å². The Morgan fingerprint density at radius 3 is 2.68 bits per heavy atom. The molecule has 0 saturated carbocycles. The summed E-state index contributed by atoms with van der Waals surface area (Å²) >= 11 is 0. The van der Waals surface area contributed by atoms with Crippen molar-refractivity contribution in [1.29, 1.82) is 0 Å². The number of carbonyl (C=O) groups is 1. The first-order valence-electron chi connectivity index (χ1n) is 6.20. The van der Waals surface area contributed by atoms with Gasteiger partial charge in [-0.3, -0.25) is 4.79 Å². The summed E-state index contributed by atoms with van der Waals surface area (Å²) in [5, 5.41) is 0. The normalized spacial score (nSPS) is 10.4. The van der Waals surface area contributed by atoms with Crippen molar-refractivity contribution in [2.75, 3.05) is 5.73 Å². The molecule has 0 unspecified atom stereocenters. The first-order valence-corrected chi connectivity index (χ1v) is 6.20. The molecule has 19 heavy (non-hydrogen) atoms. The molecule has 3 heteroatoms. The molecule has 0 aliphatic carbocycles. The topological polar surface area (TPSA) is 43.1 Å². The van der Waals surface area contributed by atoms with Crippen molar-refractivity contribution in [2.45, 2.75) is 19.8 Å². The van der Waals surface area contributed by atoms with Gasteiger partial charge in [-0.1, -0.05) is 24.3 Å². The molecular weight excluding hydrogens is 241 g/mol. The summed E-state index contributed by atoms with van der Waals surface area (Å²) in [6.07, 6.45) is 0.964. The molecule has 0 aliphatic heterocycles. The Hall–Kier alpha value is -2.16. The molecule has 0 spiro atoms. The van der Waals surface area contributed by atoms with Crippen molar-refractivity contribution in [3.05, 3.63) is 65.0 Å². The van der Waals surface area contributed by atoms with Crippen molar-refractivity contribution < 1.29 is 9.18 Å². The smallest absolute Gasteiger partial charge is 0.163 e. The fourth-order valence-electron chi connectivity index (χ4n) is 1.92.